The van der Waals surface area contributed by atoms with Crippen LogP contribution in [0.3, 0.4) is 0 Å². The van der Waals surface area contributed by atoms with Gasteiger partial charge in [0.2, 0.25) is 0 Å². The molecule has 0 N–H and O–H groups in total. The van der Waals surface area contributed by atoms with E-state index >= 15 is 0 Å². The van der Waals surface area contributed by atoms with Crippen molar-refractivity contribution in [1.29, 1.82) is 5.26 Å². The first kappa shape index (κ1) is 14.7. The fraction of sp³-hybridized carbons (Fsp3) is 0.235. The molecule has 0 aliphatic heterocycles. The third-order valence-corrected chi connectivity index (χ3v) is 3.18. The van der Waals surface area contributed by atoms with Crippen LogP contribution in [0.1, 0.15) is 24.2 Å². The Hall–Kier alpha value is -2.67. The molecule has 0 saturated heterocycles. The molecule has 108 valence electrons. The minimum absolute atomic E-state index is 0.168. The number of nitrogens with zero attached hydrogens (tertiary/aromatic N) is 1. The van der Waals surface area contributed by atoms with Crippen LogP contribution in [0.4, 0.5) is 0 Å². The van der Waals surface area contributed by atoms with Crippen molar-refractivity contribution in [3.8, 4) is 23.3 Å². The van der Waals surface area contributed by atoms with E-state index in [4.69, 9.17) is 19.5 Å². The van der Waals surface area contributed by atoms with E-state index in [2.05, 4.69) is 6.07 Å². The van der Waals surface area contributed by atoms with E-state index in [1.54, 1.807) is 32.4 Å². The van der Waals surface area contributed by atoms with E-state index in [-0.39, 0.29) is 6.10 Å². The smallest absolute Gasteiger partial charge is 0.163 e. The van der Waals surface area contributed by atoms with Gasteiger partial charge in [0.15, 0.2) is 11.5 Å². The predicted molar refractivity (Wildman–Crippen MR) is 79.7 cm³/mol. The van der Waals surface area contributed by atoms with E-state index in [0.29, 0.717) is 17.1 Å². The Morgan fingerprint density at radius 2 is 1.67 bits per heavy atom. The molecule has 4 heteroatoms. The van der Waals surface area contributed by atoms with Gasteiger partial charge in [-0.2, -0.15) is 5.26 Å². The van der Waals surface area contributed by atoms with Crippen LogP contribution in [-0.4, -0.2) is 14.2 Å². The largest absolute Gasteiger partial charge is 0.497 e. The van der Waals surface area contributed by atoms with Gasteiger partial charge in [-0.3, -0.25) is 0 Å². The van der Waals surface area contributed by atoms with Crippen molar-refractivity contribution in [2.45, 2.75) is 13.0 Å². The summed E-state index contributed by atoms with van der Waals surface area (Å²) in [5.41, 5.74) is 1.55. The standard InChI is InChI=1S/C17H17NO3/c1-12(14-5-7-15(19-2)8-6-14)21-17-10-13(11-18)4-9-16(17)20-3/h4-10,12H,1-3H3. The number of benzene rings is 2. The molecule has 1 atom stereocenters. The zero-order valence-electron chi connectivity index (χ0n) is 12.3. The van der Waals surface area contributed by atoms with Crippen LogP contribution in [0.2, 0.25) is 0 Å². The molecule has 0 aliphatic carbocycles. The third kappa shape index (κ3) is 3.46. The van der Waals surface area contributed by atoms with Gasteiger partial charge in [-0.1, -0.05) is 12.1 Å². The minimum Gasteiger partial charge on any atom is -0.497 e. The molecule has 0 spiro atoms. The second-order valence-electron chi connectivity index (χ2n) is 4.51. The Kier molecular flexibility index (Phi) is 4.68. The predicted octanol–water partition coefficient (Wildman–Crippen LogP) is 3.72. The Bertz CT molecular complexity index is 644. The molecule has 0 fully saturated rings. The van der Waals surface area contributed by atoms with Crippen molar-refractivity contribution in [2.24, 2.45) is 0 Å². The van der Waals surface area contributed by atoms with Crippen LogP contribution < -0.4 is 14.2 Å². The monoisotopic (exact) mass is 283 g/mol. The van der Waals surface area contributed by atoms with Crippen LogP contribution >= 0.6 is 0 Å². The average Bonchev–Trinajstić information content (AvgIpc) is 2.54. The molecule has 1 unspecified atom stereocenters. The van der Waals surface area contributed by atoms with E-state index in [1.165, 1.54) is 0 Å². The molecule has 2 rings (SSSR count). The molecule has 0 saturated carbocycles. The minimum atomic E-state index is -0.168. The van der Waals surface area contributed by atoms with Gasteiger partial charge in [0.25, 0.3) is 0 Å². The molecule has 0 radical (unpaired) electrons. The quantitative estimate of drug-likeness (QED) is 0.839. The topological polar surface area (TPSA) is 51.5 Å². The number of rotatable bonds is 5. The average molecular weight is 283 g/mol. The Morgan fingerprint density at radius 1 is 0.952 bits per heavy atom. The highest BCUT2D eigenvalue weighted by Crippen LogP contribution is 2.32. The Balaban J connectivity index is 2.21. The summed E-state index contributed by atoms with van der Waals surface area (Å²) >= 11 is 0. The van der Waals surface area contributed by atoms with Gasteiger partial charge in [-0.05, 0) is 36.8 Å². The highest BCUT2D eigenvalue weighted by atomic mass is 16.5. The first-order chi connectivity index (χ1) is 10.2. The van der Waals surface area contributed by atoms with Crippen molar-refractivity contribution in [3.05, 3.63) is 53.6 Å². The molecular weight excluding hydrogens is 266 g/mol. The van der Waals surface area contributed by atoms with Crippen LogP contribution in [0, 0.1) is 11.3 Å². The fourth-order valence-electron chi connectivity index (χ4n) is 1.97. The van der Waals surface area contributed by atoms with Gasteiger partial charge in [-0.25, -0.2) is 0 Å². The van der Waals surface area contributed by atoms with Gasteiger partial charge < -0.3 is 14.2 Å². The van der Waals surface area contributed by atoms with Crippen molar-refractivity contribution >= 4 is 0 Å². The van der Waals surface area contributed by atoms with Crippen molar-refractivity contribution < 1.29 is 14.2 Å². The zero-order valence-corrected chi connectivity index (χ0v) is 12.3. The van der Waals surface area contributed by atoms with E-state index in [0.717, 1.165) is 11.3 Å². The maximum Gasteiger partial charge on any atom is 0.163 e. The van der Waals surface area contributed by atoms with E-state index in [1.807, 2.05) is 31.2 Å². The summed E-state index contributed by atoms with van der Waals surface area (Å²) in [6.07, 6.45) is -0.168. The van der Waals surface area contributed by atoms with Crippen molar-refractivity contribution in [2.75, 3.05) is 14.2 Å². The normalized spacial score (nSPS) is 11.3. The lowest BCUT2D eigenvalue weighted by molar-refractivity contribution is 0.216. The van der Waals surface area contributed by atoms with Gasteiger partial charge in [0, 0.05) is 6.07 Å². The number of ether oxygens (including phenoxy) is 3. The second-order valence-corrected chi connectivity index (χ2v) is 4.51. The lowest BCUT2D eigenvalue weighted by Crippen LogP contribution is -2.04. The Labute approximate surface area is 124 Å². The number of hydrogen-bond donors (Lipinski definition) is 0. The molecule has 0 amide bonds. The Morgan fingerprint density at radius 3 is 2.24 bits per heavy atom. The summed E-state index contributed by atoms with van der Waals surface area (Å²) in [6.45, 7) is 1.94. The number of hydrogen-bond acceptors (Lipinski definition) is 4. The van der Waals surface area contributed by atoms with Crippen molar-refractivity contribution in [1.82, 2.24) is 0 Å². The van der Waals surface area contributed by atoms with Crippen molar-refractivity contribution in [3.63, 3.8) is 0 Å². The highest BCUT2D eigenvalue weighted by Gasteiger charge is 2.12. The van der Waals surface area contributed by atoms with Gasteiger partial charge in [-0.15, -0.1) is 0 Å². The number of methoxy groups -OCH3 is 2. The summed E-state index contributed by atoms with van der Waals surface area (Å²) in [5.74, 6) is 1.96. The van der Waals surface area contributed by atoms with Crippen LogP contribution in [0.15, 0.2) is 42.5 Å². The summed E-state index contributed by atoms with van der Waals surface area (Å²) < 4.78 is 16.3. The summed E-state index contributed by atoms with van der Waals surface area (Å²) in [5, 5.41) is 8.97. The molecular formula is C17H17NO3. The van der Waals surface area contributed by atoms with Crippen LogP contribution in [-0.2, 0) is 0 Å². The molecule has 0 aliphatic rings. The number of nitriles is 1. The SMILES string of the molecule is COc1ccc(C(C)Oc2cc(C#N)ccc2OC)cc1. The third-order valence-electron chi connectivity index (χ3n) is 3.18. The maximum absolute atomic E-state index is 8.97. The van der Waals surface area contributed by atoms with Gasteiger partial charge in [0.1, 0.15) is 11.9 Å². The molecule has 0 heterocycles. The van der Waals surface area contributed by atoms with E-state index < -0.39 is 0 Å². The summed E-state index contributed by atoms with van der Waals surface area (Å²) in [6, 6.07) is 14.9. The van der Waals surface area contributed by atoms with Gasteiger partial charge in [0.05, 0.1) is 25.9 Å². The lowest BCUT2D eigenvalue weighted by atomic mass is 10.1. The molecule has 21 heavy (non-hydrogen) atoms. The molecule has 4 nitrogen and oxygen atoms in total. The van der Waals surface area contributed by atoms with E-state index in [9.17, 15) is 0 Å². The van der Waals surface area contributed by atoms with Crippen LogP contribution in [0.5, 0.6) is 17.2 Å². The summed E-state index contributed by atoms with van der Waals surface area (Å²) in [4.78, 5) is 0. The first-order valence-electron chi connectivity index (χ1n) is 6.56. The van der Waals surface area contributed by atoms with Gasteiger partial charge >= 0.3 is 0 Å². The molecule has 0 bridgehead atoms. The maximum atomic E-state index is 8.97. The molecule has 0 aromatic heterocycles. The summed E-state index contributed by atoms with van der Waals surface area (Å²) in [7, 11) is 3.21. The fourth-order valence-corrected chi connectivity index (χ4v) is 1.97. The highest BCUT2D eigenvalue weighted by molar-refractivity contribution is 5.47. The first-order valence-corrected chi connectivity index (χ1v) is 6.56. The molecule has 2 aromatic rings. The lowest BCUT2D eigenvalue weighted by Gasteiger charge is -2.17. The molecule has 2 aromatic carbocycles. The second kappa shape index (κ2) is 6.67. The van der Waals surface area contributed by atoms with Crippen LogP contribution in [0.25, 0.3) is 0 Å². The zero-order chi connectivity index (χ0) is 15.2.